The van der Waals surface area contributed by atoms with Crippen LogP contribution in [0.15, 0.2) is 63.8 Å². The topological polar surface area (TPSA) is 59.3 Å². The van der Waals surface area contributed by atoms with Crippen molar-refractivity contribution in [3.8, 4) is 0 Å². The number of amides is 1. The van der Waals surface area contributed by atoms with Gasteiger partial charge < -0.3 is 9.73 Å². The van der Waals surface area contributed by atoms with Crippen LogP contribution in [0, 0.1) is 5.82 Å². The Balaban J connectivity index is 1.73. The third kappa shape index (κ3) is 3.45. The monoisotopic (exact) mass is 311 g/mol. The van der Waals surface area contributed by atoms with E-state index in [4.69, 9.17) is 4.42 Å². The van der Waals surface area contributed by atoms with Gasteiger partial charge in [0.05, 0.1) is 5.39 Å². The summed E-state index contributed by atoms with van der Waals surface area (Å²) in [5.41, 5.74) is 0.374. The molecule has 0 unspecified atom stereocenters. The fourth-order valence-corrected chi connectivity index (χ4v) is 2.32. The van der Waals surface area contributed by atoms with Crippen LogP contribution in [-0.4, -0.2) is 12.5 Å². The fraction of sp³-hybridized carbons (Fsp3) is 0.111. The number of hydrogen-bond donors (Lipinski definition) is 1. The molecule has 3 rings (SSSR count). The summed E-state index contributed by atoms with van der Waals surface area (Å²) < 4.78 is 18.1. The summed E-state index contributed by atoms with van der Waals surface area (Å²) in [6.07, 6.45) is 0.676. The van der Waals surface area contributed by atoms with E-state index >= 15 is 0 Å². The molecule has 116 valence electrons. The second kappa shape index (κ2) is 6.44. The molecular weight excluding hydrogens is 297 g/mol. The number of nitrogens with one attached hydrogen (secondary N) is 1. The van der Waals surface area contributed by atoms with Gasteiger partial charge in [-0.25, -0.2) is 9.18 Å². The number of rotatable bonds is 4. The van der Waals surface area contributed by atoms with Crippen molar-refractivity contribution >= 4 is 16.7 Å². The van der Waals surface area contributed by atoms with Gasteiger partial charge in [0.1, 0.15) is 5.82 Å². The summed E-state index contributed by atoms with van der Waals surface area (Å²) in [6, 6.07) is 14.9. The van der Waals surface area contributed by atoms with Crippen LogP contribution >= 0.6 is 0 Å². The van der Waals surface area contributed by atoms with E-state index in [1.165, 1.54) is 18.2 Å². The standard InChI is InChI=1S/C18H14FNO3/c19-14-7-6-13-10-16(23-18(22)15(13)11-14)17(21)20-9-8-12-4-2-1-3-5-12/h1-7,10-11H,8-9H2,(H,20,21). The molecule has 0 fully saturated rings. The Morgan fingerprint density at radius 2 is 1.87 bits per heavy atom. The van der Waals surface area contributed by atoms with Crippen molar-refractivity contribution < 1.29 is 13.6 Å². The van der Waals surface area contributed by atoms with Gasteiger partial charge in [0.15, 0.2) is 5.76 Å². The summed E-state index contributed by atoms with van der Waals surface area (Å²) in [4.78, 5) is 23.9. The number of benzene rings is 2. The second-order valence-electron chi connectivity index (χ2n) is 5.12. The summed E-state index contributed by atoms with van der Waals surface area (Å²) in [5, 5.41) is 3.29. The highest BCUT2D eigenvalue weighted by atomic mass is 19.1. The Kier molecular flexibility index (Phi) is 4.19. The molecule has 1 aromatic heterocycles. The van der Waals surface area contributed by atoms with Gasteiger partial charge in [0.25, 0.3) is 5.91 Å². The summed E-state index contributed by atoms with van der Waals surface area (Å²) in [6.45, 7) is 0.425. The maximum Gasteiger partial charge on any atom is 0.344 e. The van der Waals surface area contributed by atoms with Crippen molar-refractivity contribution in [3.05, 3.63) is 82.2 Å². The van der Waals surface area contributed by atoms with E-state index in [0.717, 1.165) is 11.6 Å². The van der Waals surface area contributed by atoms with E-state index in [-0.39, 0.29) is 11.1 Å². The van der Waals surface area contributed by atoms with Crippen molar-refractivity contribution in [2.45, 2.75) is 6.42 Å². The Labute approximate surface area is 131 Å². The molecule has 23 heavy (non-hydrogen) atoms. The van der Waals surface area contributed by atoms with Gasteiger partial charge in [-0.05, 0) is 35.6 Å². The molecule has 1 heterocycles. The minimum atomic E-state index is -0.727. The van der Waals surface area contributed by atoms with Crippen LogP contribution in [0.4, 0.5) is 4.39 Å². The Bertz CT molecular complexity index is 903. The van der Waals surface area contributed by atoms with Gasteiger partial charge in [-0.2, -0.15) is 0 Å². The van der Waals surface area contributed by atoms with Crippen LogP contribution in [-0.2, 0) is 6.42 Å². The van der Waals surface area contributed by atoms with Gasteiger partial charge in [0.2, 0.25) is 0 Å². The van der Waals surface area contributed by atoms with Gasteiger partial charge >= 0.3 is 5.63 Å². The molecule has 0 aliphatic heterocycles. The van der Waals surface area contributed by atoms with Crippen molar-refractivity contribution in [2.24, 2.45) is 0 Å². The van der Waals surface area contributed by atoms with Crippen molar-refractivity contribution in [1.29, 1.82) is 0 Å². The highest BCUT2D eigenvalue weighted by Gasteiger charge is 2.12. The average molecular weight is 311 g/mol. The minimum absolute atomic E-state index is 0.0813. The molecule has 0 saturated carbocycles. The molecule has 0 aliphatic carbocycles. The predicted molar refractivity (Wildman–Crippen MR) is 84.9 cm³/mol. The smallest absolute Gasteiger partial charge is 0.344 e. The molecule has 0 aliphatic rings. The third-order valence-corrected chi connectivity index (χ3v) is 3.49. The summed E-state index contributed by atoms with van der Waals surface area (Å²) in [5.74, 6) is -1.07. The lowest BCUT2D eigenvalue weighted by Gasteiger charge is -2.05. The number of carbonyl (C=O) groups excluding carboxylic acids is 1. The van der Waals surface area contributed by atoms with Gasteiger partial charge in [-0.3, -0.25) is 4.79 Å². The molecule has 3 aromatic rings. The van der Waals surface area contributed by atoms with E-state index in [1.54, 1.807) is 0 Å². The van der Waals surface area contributed by atoms with Crippen LogP contribution in [0.5, 0.6) is 0 Å². The Morgan fingerprint density at radius 1 is 1.09 bits per heavy atom. The third-order valence-electron chi connectivity index (χ3n) is 3.49. The van der Waals surface area contributed by atoms with Gasteiger partial charge in [0, 0.05) is 6.54 Å². The summed E-state index contributed by atoms with van der Waals surface area (Å²) >= 11 is 0. The first-order chi connectivity index (χ1) is 11.1. The second-order valence-corrected chi connectivity index (χ2v) is 5.12. The Hall–Kier alpha value is -2.95. The zero-order valence-corrected chi connectivity index (χ0v) is 12.2. The molecule has 4 nitrogen and oxygen atoms in total. The molecule has 0 saturated heterocycles. The zero-order valence-electron chi connectivity index (χ0n) is 12.2. The van der Waals surface area contributed by atoms with Gasteiger partial charge in [-0.1, -0.05) is 36.4 Å². The average Bonchev–Trinajstić information content (AvgIpc) is 2.56. The molecule has 5 heteroatoms. The molecule has 1 N–H and O–H groups in total. The first kappa shape index (κ1) is 15.0. The molecule has 0 bridgehead atoms. The highest BCUT2D eigenvalue weighted by molar-refractivity contribution is 5.95. The molecule has 1 amide bonds. The van der Waals surface area contributed by atoms with Crippen LogP contribution in [0.25, 0.3) is 10.8 Å². The van der Waals surface area contributed by atoms with Crippen LogP contribution in [0.2, 0.25) is 0 Å². The molecule has 0 radical (unpaired) electrons. The zero-order chi connectivity index (χ0) is 16.2. The van der Waals surface area contributed by atoms with Crippen LogP contribution in [0.3, 0.4) is 0 Å². The maximum absolute atomic E-state index is 13.1. The first-order valence-electron chi connectivity index (χ1n) is 7.19. The fourth-order valence-electron chi connectivity index (χ4n) is 2.32. The highest BCUT2D eigenvalue weighted by Crippen LogP contribution is 2.13. The quantitative estimate of drug-likeness (QED) is 0.806. The van der Waals surface area contributed by atoms with Crippen molar-refractivity contribution in [3.63, 3.8) is 0 Å². The maximum atomic E-state index is 13.1. The van der Waals surface area contributed by atoms with Crippen LogP contribution in [0.1, 0.15) is 16.1 Å². The van der Waals surface area contributed by atoms with Crippen molar-refractivity contribution in [2.75, 3.05) is 6.54 Å². The number of carbonyl (C=O) groups is 1. The first-order valence-corrected chi connectivity index (χ1v) is 7.19. The summed E-state index contributed by atoms with van der Waals surface area (Å²) in [7, 11) is 0. The van der Waals surface area contributed by atoms with E-state index in [9.17, 15) is 14.0 Å². The normalized spacial score (nSPS) is 10.7. The Morgan fingerprint density at radius 3 is 2.65 bits per heavy atom. The molecule has 0 atom stereocenters. The SMILES string of the molecule is O=C(NCCc1ccccc1)c1cc2ccc(F)cc2c(=O)o1. The minimum Gasteiger partial charge on any atom is -0.417 e. The number of hydrogen-bond acceptors (Lipinski definition) is 3. The van der Waals surface area contributed by atoms with E-state index in [0.29, 0.717) is 18.4 Å². The largest absolute Gasteiger partial charge is 0.417 e. The van der Waals surface area contributed by atoms with Crippen molar-refractivity contribution in [1.82, 2.24) is 5.32 Å². The lowest BCUT2D eigenvalue weighted by Crippen LogP contribution is -2.26. The van der Waals surface area contributed by atoms with Gasteiger partial charge in [-0.15, -0.1) is 0 Å². The van der Waals surface area contributed by atoms with E-state index < -0.39 is 17.3 Å². The molecule has 0 spiro atoms. The number of fused-ring (bicyclic) bond motifs is 1. The molecule has 2 aromatic carbocycles. The van der Waals surface area contributed by atoms with E-state index in [2.05, 4.69) is 5.32 Å². The molecular formula is C18H14FNO3. The van der Waals surface area contributed by atoms with Crippen LogP contribution < -0.4 is 10.9 Å². The lowest BCUT2D eigenvalue weighted by atomic mass is 10.1. The predicted octanol–water partition coefficient (Wildman–Crippen LogP) is 2.90. The van der Waals surface area contributed by atoms with E-state index in [1.807, 2.05) is 30.3 Å². The number of halogens is 1. The lowest BCUT2D eigenvalue weighted by molar-refractivity contribution is 0.0922.